The van der Waals surface area contributed by atoms with Gasteiger partial charge in [-0.2, -0.15) is 0 Å². The van der Waals surface area contributed by atoms with Gasteiger partial charge >= 0.3 is 0 Å². The van der Waals surface area contributed by atoms with Crippen molar-refractivity contribution in [3.8, 4) is 0 Å². The summed E-state index contributed by atoms with van der Waals surface area (Å²) in [6.07, 6.45) is 0.934. The molecule has 0 aliphatic carbocycles. The van der Waals surface area contributed by atoms with Crippen molar-refractivity contribution in [2.45, 2.75) is 46.2 Å². The molecule has 1 aliphatic rings. The number of amides is 2. The van der Waals surface area contributed by atoms with Crippen LogP contribution in [-0.4, -0.2) is 35.3 Å². The van der Waals surface area contributed by atoms with Crippen LogP contribution in [0.5, 0.6) is 0 Å². The molecule has 86 valence electrons. The third kappa shape index (κ3) is 2.70. The lowest BCUT2D eigenvalue weighted by atomic mass is 10.0. The Bertz CT molecular complexity index is 263. The number of hydrogen-bond donors (Lipinski definition) is 1. The molecule has 4 heteroatoms. The summed E-state index contributed by atoms with van der Waals surface area (Å²) >= 11 is 0. The summed E-state index contributed by atoms with van der Waals surface area (Å²) in [5.74, 6) is 0.505. The van der Waals surface area contributed by atoms with Gasteiger partial charge in [0, 0.05) is 6.04 Å². The van der Waals surface area contributed by atoms with Crippen LogP contribution in [0.25, 0.3) is 0 Å². The van der Waals surface area contributed by atoms with Gasteiger partial charge in [0.25, 0.3) is 0 Å². The third-order valence-corrected chi connectivity index (χ3v) is 2.79. The molecule has 0 aromatic heterocycles. The van der Waals surface area contributed by atoms with Gasteiger partial charge in [-0.1, -0.05) is 13.8 Å². The van der Waals surface area contributed by atoms with E-state index < -0.39 is 0 Å². The molecule has 1 heterocycles. The Morgan fingerprint density at radius 2 is 2.00 bits per heavy atom. The van der Waals surface area contributed by atoms with E-state index in [-0.39, 0.29) is 30.4 Å². The van der Waals surface area contributed by atoms with Crippen molar-refractivity contribution in [1.82, 2.24) is 10.2 Å². The molecule has 0 aromatic rings. The van der Waals surface area contributed by atoms with E-state index in [0.29, 0.717) is 5.92 Å². The molecule has 0 aromatic carbocycles. The number of carbonyl (C=O) groups is 2. The minimum Gasteiger partial charge on any atom is -0.345 e. The first-order chi connectivity index (χ1) is 6.93. The molecule has 15 heavy (non-hydrogen) atoms. The van der Waals surface area contributed by atoms with Crippen LogP contribution >= 0.6 is 0 Å². The second-order valence-electron chi connectivity index (χ2n) is 4.67. The minimum absolute atomic E-state index is 0.0234. The topological polar surface area (TPSA) is 49.4 Å². The van der Waals surface area contributed by atoms with Gasteiger partial charge < -0.3 is 10.2 Å². The van der Waals surface area contributed by atoms with Gasteiger partial charge in [0.1, 0.15) is 6.04 Å². The van der Waals surface area contributed by atoms with E-state index in [2.05, 4.69) is 19.2 Å². The highest BCUT2D eigenvalue weighted by molar-refractivity contribution is 5.94. The van der Waals surface area contributed by atoms with Gasteiger partial charge in [-0.05, 0) is 26.2 Å². The highest BCUT2D eigenvalue weighted by Gasteiger charge is 2.33. The van der Waals surface area contributed by atoms with E-state index in [4.69, 9.17) is 0 Å². The van der Waals surface area contributed by atoms with Crippen molar-refractivity contribution >= 4 is 11.8 Å². The van der Waals surface area contributed by atoms with Crippen LogP contribution in [0.1, 0.15) is 34.1 Å². The second kappa shape index (κ2) is 4.64. The fourth-order valence-corrected chi connectivity index (χ4v) is 2.17. The monoisotopic (exact) mass is 212 g/mol. The quantitative estimate of drug-likeness (QED) is 0.751. The standard InChI is InChI=1S/C11H20N2O2/c1-7(2)5-8(3)13-9(4)11(15)12-6-10(13)14/h7-9H,5-6H2,1-4H3,(H,12,15). The maximum atomic E-state index is 11.7. The molecule has 2 atom stereocenters. The summed E-state index contributed by atoms with van der Waals surface area (Å²) in [4.78, 5) is 24.8. The Morgan fingerprint density at radius 3 is 2.53 bits per heavy atom. The maximum absolute atomic E-state index is 11.7. The number of nitrogens with one attached hydrogen (secondary N) is 1. The lowest BCUT2D eigenvalue weighted by Crippen LogP contribution is -2.59. The van der Waals surface area contributed by atoms with Crippen LogP contribution in [0.15, 0.2) is 0 Å². The Kier molecular flexibility index (Phi) is 3.72. The van der Waals surface area contributed by atoms with Crippen molar-refractivity contribution in [3.05, 3.63) is 0 Å². The van der Waals surface area contributed by atoms with Gasteiger partial charge in [-0.3, -0.25) is 9.59 Å². The lowest BCUT2D eigenvalue weighted by molar-refractivity contribution is -0.147. The van der Waals surface area contributed by atoms with E-state index in [1.165, 1.54) is 0 Å². The average molecular weight is 212 g/mol. The molecule has 1 N–H and O–H groups in total. The summed E-state index contributed by atoms with van der Waals surface area (Å²) in [6.45, 7) is 8.17. The third-order valence-electron chi connectivity index (χ3n) is 2.79. The second-order valence-corrected chi connectivity index (χ2v) is 4.67. The molecular weight excluding hydrogens is 192 g/mol. The molecule has 2 unspecified atom stereocenters. The first-order valence-electron chi connectivity index (χ1n) is 5.52. The molecule has 4 nitrogen and oxygen atoms in total. The van der Waals surface area contributed by atoms with Crippen LogP contribution in [0.3, 0.4) is 0 Å². The van der Waals surface area contributed by atoms with Crippen molar-refractivity contribution in [2.24, 2.45) is 5.92 Å². The fourth-order valence-electron chi connectivity index (χ4n) is 2.17. The van der Waals surface area contributed by atoms with Gasteiger partial charge in [-0.25, -0.2) is 0 Å². The van der Waals surface area contributed by atoms with Gasteiger partial charge in [0.05, 0.1) is 6.54 Å². The molecule has 0 saturated carbocycles. The molecule has 2 amide bonds. The number of carbonyl (C=O) groups excluding carboxylic acids is 2. The fraction of sp³-hybridized carbons (Fsp3) is 0.818. The van der Waals surface area contributed by atoms with Crippen LogP contribution in [0, 0.1) is 5.92 Å². The highest BCUT2D eigenvalue weighted by Crippen LogP contribution is 2.16. The van der Waals surface area contributed by atoms with Crippen LogP contribution in [0.2, 0.25) is 0 Å². The molecule has 1 aliphatic heterocycles. The molecule has 0 radical (unpaired) electrons. The predicted molar refractivity (Wildman–Crippen MR) is 58.2 cm³/mol. The Labute approximate surface area is 91.0 Å². The van der Waals surface area contributed by atoms with E-state index in [1.54, 1.807) is 11.8 Å². The van der Waals surface area contributed by atoms with E-state index in [9.17, 15) is 9.59 Å². The zero-order valence-corrected chi connectivity index (χ0v) is 9.91. The van der Waals surface area contributed by atoms with E-state index in [0.717, 1.165) is 6.42 Å². The summed E-state index contributed by atoms with van der Waals surface area (Å²) in [7, 11) is 0. The smallest absolute Gasteiger partial charge is 0.242 e. The largest absolute Gasteiger partial charge is 0.345 e. The van der Waals surface area contributed by atoms with Crippen molar-refractivity contribution in [2.75, 3.05) is 6.54 Å². The number of piperazine rings is 1. The van der Waals surface area contributed by atoms with E-state index >= 15 is 0 Å². The van der Waals surface area contributed by atoms with Crippen molar-refractivity contribution in [3.63, 3.8) is 0 Å². The summed E-state index contributed by atoms with van der Waals surface area (Å²) in [5, 5.41) is 2.59. The predicted octanol–water partition coefficient (Wildman–Crippen LogP) is 0.768. The van der Waals surface area contributed by atoms with Crippen molar-refractivity contribution < 1.29 is 9.59 Å². The first-order valence-corrected chi connectivity index (χ1v) is 5.52. The lowest BCUT2D eigenvalue weighted by Gasteiger charge is -2.38. The van der Waals surface area contributed by atoms with Crippen LogP contribution in [0.4, 0.5) is 0 Å². The maximum Gasteiger partial charge on any atom is 0.242 e. The van der Waals surface area contributed by atoms with Gasteiger partial charge in [0.2, 0.25) is 11.8 Å². The first kappa shape index (κ1) is 12.0. The van der Waals surface area contributed by atoms with Gasteiger partial charge in [-0.15, -0.1) is 0 Å². The summed E-state index contributed by atoms with van der Waals surface area (Å²) in [6, 6.07) is -0.196. The van der Waals surface area contributed by atoms with Crippen LogP contribution < -0.4 is 5.32 Å². The molecule has 0 bridgehead atoms. The normalized spacial score (nSPS) is 24.3. The highest BCUT2D eigenvalue weighted by atomic mass is 16.2. The molecule has 0 spiro atoms. The van der Waals surface area contributed by atoms with Crippen molar-refractivity contribution in [1.29, 1.82) is 0 Å². The summed E-state index contributed by atoms with van der Waals surface area (Å²) in [5.41, 5.74) is 0. The van der Waals surface area contributed by atoms with Crippen LogP contribution in [-0.2, 0) is 9.59 Å². The number of hydrogen-bond acceptors (Lipinski definition) is 2. The van der Waals surface area contributed by atoms with Gasteiger partial charge in [0.15, 0.2) is 0 Å². The Balaban J connectivity index is 2.71. The number of rotatable bonds is 3. The molecule has 1 rings (SSSR count). The minimum atomic E-state index is -0.333. The molecule has 1 saturated heterocycles. The van der Waals surface area contributed by atoms with E-state index in [1.807, 2.05) is 6.92 Å². The molecule has 1 fully saturated rings. The number of nitrogens with zero attached hydrogens (tertiary/aromatic N) is 1. The molecular formula is C11H20N2O2. The Morgan fingerprint density at radius 1 is 1.40 bits per heavy atom. The SMILES string of the molecule is CC(C)CC(C)N1C(=O)CNC(=O)C1C. The zero-order chi connectivity index (χ0) is 11.6. The average Bonchev–Trinajstić information content (AvgIpc) is 2.11. The zero-order valence-electron chi connectivity index (χ0n) is 9.91. The summed E-state index contributed by atoms with van der Waals surface area (Å²) < 4.78 is 0. The Hall–Kier alpha value is -1.06.